The van der Waals surface area contributed by atoms with Gasteiger partial charge in [-0.25, -0.2) is 4.39 Å². The van der Waals surface area contributed by atoms with Crippen molar-refractivity contribution < 1.29 is 9.18 Å². The SMILES string of the molecule is CCCCNC(=O)C(C)Nc1ccc(C)cc1F. The number of amides is 1. The molecular formula is C14H21FN2O. The number of carbonyl (C=O) groups excluding carboxylic acids is 1. The average molecular weight is 252 g/mol. The van der Waals surface area contributed by atoms with Gasteiger partial charge in [0.2, 0.25) is 5.91 Å². The molecule has 1 atom stereocenters. The second kappa shape index (κ2) is 6.99. The van der Waals surface area contributed by atoms with Crippen molar-refractivity contribution in [3.05, 3.63) is 29.6 Å². The van der Waals surface area contributed by atoms with Crippen molar-refractivity contribution in [2.75, 3.05) is 11.9 Å². The van der Waals surface area contributed by atoms with E-state index in [1.54, 1.807) is 13.0 Å². The van der Waals surface area contributed by atoms with Crippen LogP contribution in [0.5, 0.6) is 0 Å². The van der Waals surface area contributed by atoms with Gasteiger partial charge in [0.25, 0.3) is 0 Å². The van der Waals surface area contributed by atoms with Crippen molar-refractivity contribution in [2.24, 2.45) is 0 Å². The zero-order chi connectivity index (χ0) is 13.5. The molecule has 0 aliphatic carbocycles. The van der Waals surface area contributed by atoms with E-state index in [4.69, 9.17) is 0 Å². The quantitative estimate of drug-likeness (QED) is 0.764. The lowest BCUT2D eigenvalue weighted by atomic mass is 10.2. The van der Waals surface area contributed by atoms with Crippen LogP contribution < -0.4 is 10.6 Å². The summed E-state index contributed by atoms with van der Waals surface area (Å²) in [6.07, 6.45) is 1.99. The molecule has 1 aromatic carbocycles. The normalized spacial score (nSPS) is 12.0. The Kier molecular flexibility index (Phi) is 5.62. The number of aryl methyl sites for hydroxylation is 1. The maximum absolute atomic E-state index is 13.6. The Morgan fingerprint density at radius 3 is 2.78 bits per heavy atom. The van der Waals surface area contributed by atoms with Gasteiger partial charge in [-0.2, -0.15) is 0 Å². The third kappa shape index (κ3) is 4.35. The Hall–Kier alpha value is -1.58. The number of halogens is 1. The second-order valence-corrected chi connectivity index (χ2v) is 4.49. The minimum atomic E-state index is -0.445. The highest BCUT2D eigenvalue weighted by Crippen LogP contribution is 2.16. The molecule has 3 nitrogen and oxygen atoms in total. The van der Waals surface area contributed by atoms with Gasteiger partial charge >= 0.3 is 0 Å². The number of unbranched alkanes of at least 4 members (excludes halogenated alkanes) is 1. The summed E-state index contributed by atoms with van der Waals surface area (Å²) in [6.45, 7) is 6.28. The summed E-state index contributed by atoms with van der Waals surface area (Å²) in [6, 6.07) is 4.47. The minimum absolute atomic E-state index is 0.108. The van der Waals surface area contributed by atoms with E-state index >= 15 is 0 Å². The van der Waals surface area contributed by atoms with Crippen LogP contribution in [0.4, 0.5) is 10.1 Å². The second-order valence-electron chi connectivity index (χ2n) is 4.49. The first-order valence-electron chi connectivity index (χ1n) is 6.35. The highest BCUT2D eigenvalue weighted by atomic mass is 19.1. The molecule has 0 aromatic heterocycles. The number of rotatable bonds is 6. The molecule has 0 bridgehead atoms. The highest BCUT2D eigenvalue weighted by molar-refractivity contribution is 5.84. The fourth-order valence-corrected chi connectivity index (χ4v) is 1.58. The predicted molar refractivity (Wildman–Crippen MR) is 72.1 cm³/mol. The molecule has 0 saturated heterocycles. The summed E-state index contributed by atoms with van der Waals surface area (Å²) in [5.74, 6) is -0.438. The Morgan fingerprint density at radius 2 is 2.17 bits per heavy atom. The van der Waals surface area contributed by atoms with Gasteiger partial charge in [-0.1, -0.05) is 19.4 Å². The van der Waals surface area contributed by atoms with Gasteiger partial charge in [0.1, 0.15) is 11.9 Å². The van der Waals surface area contributed by atoms with Gasteiger partial charge in [0.15, 0.2) is 0 Å². The Bertz CT molecular complexity index is 407. The monoisotopic (exact) mass is 252 g/mol. The fourth-order valence-electron chi connectivity index (χ4n) is 1.58. The first-order chi connectivity index (χ1) is 8.54. The van der Waals surface area contributed by atoms with Crippen LogP contribution in [-0.2, 0) is 4.79 Å². The van der Waals surface area contributed by atoms with E-state index in [9.17, 15) is 9.18 Å². The number of carbonyl (C=O) groups is 1. The number of hydrogen-bond acceptors (Lipinski definition) is 2. The van der Waals surface area contributed by atoms with Crippen LogP contribution in [0.25, 0.3) is 0 Å². The smallest absolute Gasteiger partial charge is 0.242 e. The number of nitrogens with one attached hydrogen (secondary N) is 2. The number of hydrogen-bond donors (Lipinski definition) is 2. The predicted octanol–water partition coefficient (Wildman–Crippen LogP) is 2.85. The first kappa shape index (κ1) is 14.5. The number of anilines is 1. The molecule has 0 fully saturated rings. The Morgan fingerprint density at radius 1 is 1.44 bits per heavy atom. The van der Waals surface area contributed by atoms with Gasteiger partial charge in [-0.3, -0.25) is 4.79 Å². The molecule has 0 heterocycles. The lowest BCUT2D eigenvalue weighted by molar-refractivity contribution is -0.121. The summed E-state index contributed by atoms with van der Waals surface area (Å²) in [4.78, 5) is 11.7. The molecule has 0 spiro atoms. The third-order valence-electron chi connectivity index (χ3n) is 2.72. The molecule has 18 heavy (non-hydrogen) atoms. The summed E-state index contributed by atoms with van der Waals surface area (Å²) < 4.78 is 13.6. The van der Waals surface area contributed by atoms with Crippen LogP contribution in [0.1, 0.15) is 32.3 Å². The lowest BCUT2D eigenvalue weighted by Crippen LogP contribution is -2.38. The van der Waals surface area contributed by atoms with Crippen LogP contribution in [0.3, 0.4) is 0 Å². The van der Waals surface area contributed by atoms with E-state index in [2.05, 4.69) is 17.6 Å². The van der Waals surface area contributed by atoms with Gasteiger partial charge in [-0.15, -0.1) is 0 Å². The summed E-state index contributed by atoms with van der Waals surface area (Å²) >= 11 is 0. The van der Waals surface area contributed by atoms with Crippen molar-refractivity contribution >= 4 is 11.6 Å². The summed E-state index contributed by atoms with van der Waals surface area (Å²) in [5, 5.41) is 5.69. The number of benzene rings is 1. The maximum atomic E-state index is 13.6. The molecule has 1 unspecified atom stereocenters. The van der Waals surface area contributed by atoms with Gasteiger partial charge in [-0.05, 0) is 38.0 Å². The zero-order valence-electron chi connectivity index (χ0n) is 11.2. The largest absolute Gasteiger partial charge is 0.372 e. The van der Waals surface area contributed by atoms with E-state index < -0.39 is 6.04 Å². The zero-order valence-corrected chi connectivity index (χ0v) is 11.2. The van der Waals surface area contributed by atoms with E-state index in [0.717, 1.165) is 18.4 Å². The molecule has 0 aliphatic heterocycles. The van der Waals surface area contributed by atoms with E-state index in [0.29, 0.717) is 12.2 Å². The van der Waals surface area contributed by atoms with Crippen molar-refractivity contribution in [1.82, 2.24) is 5.32 Å². The van der Waals surface area contributed by atoms with Gasteiger partial charge < -0.3 is 10.6 Å². The minimum Gasteiger partial charge on any atom is -0.372 e. The molecule has 1 amide bonds. The Labute approximate surface area is 108 Å². The van der Waals surface area contributed by atoms with Gasteiger partial charge in [0, 0.05) is 6.54 Å². The van der Waals surface area contributed by atoms with Gasteiger partial charge in [0.05, 0.1) is 5.69 Å². The summed E-state index contributed by atoms with van der Waals surface area (Å²) in [7, 11) is 0. The standard InChI is InChI=1S/C14H21FN2O/c1-4-5-8-16-14(18)11(3)17-13-7-6-10(2)9-12(13)15/h6-7,9,11,17H,4-5,8H2,1-3H3,(H,16,18). The van der Waals surface area contributed by atoms with Crippen LogP contribution >= 0.6 is 0 Å². The van der Waals surface area contributed by atoms with E-state index in [1.807, 2.05) is 13.0 Å². The molecule has 0 radical (unpaired) electrons. The van der Waals surface area contributed by atoms with Crippen LogP contribution in [0.15, 0.2) is 18.2 Å². The highest BCUT2D eigenvalue weighted by Gasteiger charge is 2.13. The average Bonchev–Trinajstić information content (AvgIpc) is 2.32. The molecule has 100 valence electrons. The molecule has 2 N–H and O–H groups in total. The van der Waals surface area contributed by atoms with Crippen LogP contribution in [0.2, 0.25) is 0 Å². The van der Waals surface area contributed by atoms with Crippen molar-refractivity contribution in [3.8, 4) is 0 Å². The summed E-state index contributed by atoms with van der Waals surface area (Å²) in [5.41, 5.74) is 1.22. The fraction of sp³-hybridized carbons (Fsp3) is 0.500. The topological polar surface area (TPSA) is 41.1 Å². The van der Waals surface area contributed by atoms with E-state index in [1.165, 1.54) is 6.07 Å². The molecule has 1 rings (SSSR count). The van der Waals surface area contributed by atoms with Crippen LogP contribution in [-0.4, -0.2) is 18.5 Å². The third-order valence-corrected chi connectivity index (χ3v) is 2.72. The van der Waals surface area contributed by atoms with Crippen LogP contribution in [0, 0.1) is 12.7 Å². The van der Waals surface area contributed by atoms with E-state index in [-0.39, 0.29) is 11.7 Å². The molecular weight excluding hydrogens is 231 g/mol. The molecule has 0 aliphatic rings. The Balaban J connectivity index is 2.53. The first-order valence-corrected chi connectivity index (χ1v) is 6.35. The van der Waals surface area contributed by atoms with Crippen molar-refractivity contribution in [1.29, 1.82) is 0 Å². The lowest BCUT2D eigenvalue weighted by Gasteiger charge is -2.15. The van der Waals surface area contributed by atoms with Crippen molar-refractivity contribution in [2.45, 2.75) is 39.7 Å². The molecule has 0 saturated carbocycles. The molecule has 4 heteroatoms. The maximum Gasteiger partial charge on any atom is 0.242 e. The van der Waals surface area contributed by atoms with Crippen molar-refractivity contribution in [3.63, 3.8) is 0 Å². The molecule has 1 aromatic rings.